The lowest BCUT2D eigenvalue weighted by atomic mass is 10.1. The number of hydrogen-bond acceptors (Lipinski definition) is 5. The highest BCUT2D eigenvalue weighted by molar-refractivity contribution is 5.78. The summed E-state index contributed by atoms with van der Waals surface area (Å²) in [7, 11) is 1.59. The molecular weight excluding hydrogens is 254 g/mol. The lowest BCUT2D eigenvalue weighted by Gasteiger charge is -2.20. The Balaban J connectivity index is 1.92. The number of methoxy groups -OCH3 is 1. The van der Waals surface area contributed by atoms with Crippen LogP contribution in [0.4, 0.5) is 0 Å². The quantitative estimate of drug-likeness (QED) is 0.920. The van der Waals surface area contributed by atoms with E-state index < -0.39 is 6.10 Å². The van der Waals surface area contributed by atoms with E-state index in [0.717, 1.165) is 29.7 Å². The Bertz CT molecular complexity index is 597. The molecule has 2 aromatic rings. The third-order valence-corrected chi connectivity index (χ3v) is 3.79. The van der Waals surface area contributed by atoms with Crippen molar-refractivity contribution in [3.05, 3.63) is 30.0 Å². The predicted molar refractivity (Wildman–Crippen MR) is 76.7 cm³/mol. The van der Waals surface area contributed by atoms with Gasteiger partial charge in [-0.15, -0.1) is 0 Å². The second kappa shape index (κ2) is 5.73. The first-order valence-electron chi connectivity index (χ1n) is 6.98. The fourth-order valence-corrected chi connectivity index (χ4v) is 2.72. The maximum Gasteiger partial charge on any atom is 0.213 e. The molecule has 0 amide bonds. The first kappa shape index (κ1) is 13.3. The Kier molecular flexibility index (Phi) is 3.80. The smallest absolute Gasteiger partial charge is 0.213 e. The van der Waals surface area contributed by atoms with E-state index in [1.807, 2.05) is 12.1 Å². The van der Waals surface area contributed by atoms with E-state index in [0.29, 0.717) is 12.4 Å². The summed E-state index contributed by atoms with van der Waals surface area (Å²) in [6.07, 6.45) is 3.61. The van der Waals surface area contributed by atoms with Crippen molar-refractivity contribution in [2.75, 3.05) is 26.7 Å². The monoisotopic (exact) mass is 273 g/mol. The van der Waals surface area contributed by atoms with Gasteiger partial charge in [0.2, 0.25) is 5.88 Å². The molecule has 0 aliphatic carbocycles. The van der Waals surface area contributed by atoms with Crippen LogP contribution in [0.3, 0.4) is 0 Å². The summed E-state index contributed by atoms with van der Waals surface area (Å²) < 4.78 is 5.16. The van der Waals surface area contributed by atoms with Crippen molar-refractivity contribution >= 4 is 11.0 Å². The Morgan fingerprint density at radius 3 is 2.85 bits per heavy atom. The number of aliphatic hydroxyl groups excluding tert-OH is 1. The summed E-state index contributed by atoms with van der Waals surface area (Å²) in [5.41, 5.74) is 2.32. The zero-order valence-corrected chi connectivity index (χ0v) is 11.6. The fourth-order valence-electron chi connectivity index (χ4n) is 2.72. The molecule has 1 fully saturated rings. The van der Waals surface area contributed by atoms with E-state index in [-0.39, 0.29) is 0 Å². The van der Waals surface area contributed by atoms with Gasteiger partial charge in [-0.2, -0.15) is 0 Å². The average molecular weight is 273 g/mol. The Labute approximate surface area is 118 Å². The summed E-state index contributed by atoms with van der Waals surface area (Å²) in [5.74, 6) is 0.542. The number of nitrogens with zero attached hydrogens (tertiary/aromatic N) is 3. The highest BCUT2D eigenvalue weighted by Crippen LogP contribution is 2.25. The summed E-state index contributed by atoms with van der Waals surface area (Å²) in [5, 5.41) is 10.5. The molecule has 3 rings (SSSR count). The molecule has 20 heavy (non-hydrogen) atoms. The number of aliphatic hydroxyl groups is 1. The van der Waals surface area contributed by atoms with Crippen LogP contribution in [-0.2, 0) is 0 Å². The zero-order valence-electron chi connectivity index (χ0n) is 11.6. The number of likely N-dealkylation sites (tertiary alicyclic amines) is 1. The molecule has 0 spiro atoms. The average Bonchev–Trinajstić information content (AvgIpc) is 2.98. The maximum absolute atomic E-state index is 10.5. The molecule has 0 saturated carbocycles. The molecule has 1 N–H and O–H groups in total. The zero-order chi connectivity index (χ0) is 13.9. The van der Waals surface area contributed by atoms with Crippen molar-refractivity contribution in [1.29, 1.82) is 0 Å². The van der Waals surface area contributed by atoms with Crippen LogP contribution in [0.5, 0.6) is 5.88 Å². The van der Waals surface area contributed by atoms with Crippen LogP contribution in [0.2, 0.25) is 0 Å². The maximum atomic E-state index is 10.5. The van der Waals surface area contributed by atoms with Crippen molar-refractivity contribution in [3.8, 4) is 5.88 Å². The van der Waals surface area contributed by atoms with Crippen LogP contribution in [0.1, 0.15) is 24.5 Å². The fraction of sp³-hybridized carbons (Fsp3) is 0.467. The molecule has 5 nitrogen and oxygen atoms in total. The van der Waals surface area contributed by atoms with Gasteiger partial charge in [-0.25, -0.2) is 4.98 Å². The number of rotatable bonds is 4. The molecule has 0 aromatic carbocycles. The number of aromatic nitrogens is 2. The largest absolute Gasteiger partial charge is 0.481 e. The van der Waals surface area contributed by atoms with Crippen molar-refractivity contribution in [2.45, 2.75) is 18.9 Å². The van der Waals surface area contributed by atoms with Gasteiger partial charge in [0.25, 0.3) is 0 Å². The molecule has 0 bridgehead atoms. The van der Waals surface area contributed by atoms with E-state index in [2.05, 4.69) is 14.9 Å². The van der Waals surface area contributed by atoms with Gasteiger partial charge < -0.3 is 14.7 Å². The van der Waals surface area contributed by atoms with E-state index in [9.17, 15) is 5.11 Å². The Morgan fingerprint density at radius 1 is 1.30 bits per heavy atom. The highest BCUT2D eigenvalue weighted by atomic mass is 16.5. The molecule has 3 heterocycles. The normalized spacial score (nSPS) is 17.5. The number of ether oxygens (including phenoxy) is 1. The second-order valence-corrected chi connectivity index (χ2v) is 5.15. The van der Waals surface area contributed by atoms with Crippen LogP contribution in [-0.4, -0.2) is 46.7 Å². The summed E-state index contributed by atoms with van der Waals surface area (Å²) >= 11 is 0. The number of hydrogen-bond donors (Lipinski definition) is 1. The summed E-state index contributed by atoms with van der Waals surface area (Å²) in [6.45, 7) is 2.78. The number of fused-ring (bicyclic) bond motifs is 1. The molecule has 0 unspecified atom stereocenters. The number of pyridine rings is 2. The summed E-state index contributed by atoms with van der Waals surface area (Å²) in [6, 6.07) is 5.49. The van der Waals surface area contributed by atoms with Crippen LogP contribution >= 0.6 is 0 Å². The SMILES string of the molecule is COc1ccc2nccc([C@H](O)CN3CCCC3)c2n1. The highest BCUT2D eigenvalue weighted by Gasteiger charge is 2.19. The molecule has 0 radical (unpaired) electrons. The minimum atomic E-state index is -0.543. The van der Waals surface area contributed by atoms with Crippen molar-refractivity contribution in [2.24, 2.45) is 0 Å². The summed E-state index contributed by atoms with van der Waals surface area (Å²) in [4.78, 5) is 11.0. The van der Waals surface area contributed by atoms with Crippen LogP contribution in [0, 0.1) is 0 Å². The predicted octanol–water partition coefficient (Wildman–Crippen LogP) is 1.77. The van der Waals surface area contributed by atoms with E-state index >= 15 is 0 Å². The Hall–Kier alpha value is -1.72. The van der Waals surface area contributed by atoms with Gasteiger partial charge >= 0.3 is 0 Å². The van der Waals surface area contributed by atoms with Gasteiger partial charge in [0.05, 0.1) is 24.2 Å². The molecule has 5 heteroatoms. The Morgan fingerprint density at radius 2 is 2.10 bits per heavy atom. The third kappa shape index (κ3) is 2.59. The first-order valence-corrected chi connectivity index (χ1v) is 6.98. The van der Waals surface area contributed by atoms with Crippen molar-refractivity contribution in [3.63, 3.8) is 0 Å². The van der Waals surface area contributed by atoms with Gasteiger partial charge in [0.1, 0.15) is 0 Å². The van der Waals surface area contributed by atoms with Gasteiger partial charge in [-0.1, -0.05) is 0 Å². The molecular formula is C15H19N3O2. The molecule has 2 aromatic heterocycles. The van der Waals surface area contributed by atoms with Gasteiger partial charge in [-0.3, -0.25) is 4.98 Å². The minimum Gasteiger partial charge on any atom is -0.481 e. The molecule has 1 aliphatic heterocycles. The topological polar surface area (TPSA) is 58.5 Å². The first-order chi connectivity index (χ1) is 9.78. The second-order valence-electron chi connectivity index (χ2n) is 5.15. The lowest BCUT2D eigenvalue weighted by molar-refractivity contribution is 0.127. The number of β-amino-alcohol motifs (C(OH)–C–C–N with tert-alkyl or cyclic N) is 1. The van der Waals surface area contributed by atoms with E-state index in [1.54, 1.807) is 19.4 Å². The van der Waals surface area contributed by atoms with E-state index in [4.69, 9.17) is 4.74 Å². The van der Waals surface area contributed by atoms with Gasteiger partial charge in [-0.05, 0) is 38.1 Å². The molecule has 1 saturated heterocycles. The van der Waals surface area contributed by atoms with Gasteiger partial charge in [0, 0.05) is 24.4 Å². The van der Waals surface area contributed by atoms with Crippen LogP contribution < -0.4 is 4.74 Å². The van der Waals surface area contributed by atoms with Crippen LogP contribution in [0.15, 0.2) is 24.4 Å². The van der Waals surface area contributed by atoms with E-state index in [1.165, 1.54) is 12.8 Å². The third-order valence-electron chi connectivity index (χ3n) is 3.79. The lowest BCUT2D eigenvalue weighted by Crippen LogP contribution is -2.25. The minimum absolute atomic E-state index is 0.542. The van der Waals surface area contributed by atoms with Crippen molar-refractivity contribution in [1.82, 2.24) is 14.9 Å². The van der Waals surface area contributed by atoms with Crippen LogP contribution in [0.25, 0.3) is 11.0 Å². The molecule has 106 valence electrons. The molecule has 1 atom stereocenters. The van der Waals surface area contributed by atoms with Crippen molar-refractivity contribution < 1.29 is 9.84 Å². The standard InChI is InChI=1S/C15H19N3O2/c1-20-14-5-4-12-15(17-14)11(6-7-16-12)13(19)10-18-8-2-3-9-18/h4-7,13,19H,2-3,8-10H2,1H3/t13-/m1/s1. The van der Waals surface area contributed by atoms with Gasteiger partial charge in [0.15, 0.2) is 0 Å². The molecule has 1 aliphatic rings.